The largest absolute Gasteiger partial charge is 0.497 e. The van der Waals surface area contributed by atoms with Gasteiger partial charge in [-0.15, -0.1) is 0 Å². The van der Waals surface area contributed by atoms with Gasteiger partial charge in [-0.05, 0) is 29.8 Å². The highest BCUT2D eigenvalue weighted by atomic mass is 16.5. The molecule has 0 spiro atoms. The summed E-state index contributed by atoms with van der Waals surface area (Å²) >= 11 is 0. The highest BCUT2D eigenvalue weighted by Crippen LogP contribution is 2.28. The quantitative estimate of drug-likeness (QED) is 0.466. The van der Waals surface area contributed by atoms with Crippen molar-refractivity contribution in [1.82, 2.24) is 10.3 Å². The van der Waals surface area contributed by atoms with Gasteiger partial charge < -0.3 is 19.6 Å². The molecular weight excluding hydrogens is 392 g/mol. The van der Waals surface area contributed by atoms with Gasteiger partial charge in [-0.1, -0.05) is 54.6 Å². The van der Waals surface area contributed by atoms with E-state index in [2.05, 4.69) is 10.3 Å². The monoisotopic (exact) mass is 414 g/mol. The van der Waals surface area contributed by atoms with E-state index < -0.39 is 6.10 Å². The number of amides is 1. The number of hydrogen-bond donors (Lipinski definition) is 2. The molecule has 0 aliphatic carbocycles. The maximum absolute atomic E-state index is 12.8. The number of carbonyl (C=O) groups excluding carboxylic acids is 1. The van der Waals surface area contributed by atoms with E-state index in [-0.39, 0.29) is 12.5 Å². The lowest BCUT2D eigenvalue weighted by Gasteiger charge is -2.14. The number of benzene rings is 3. The third kappa shape index (κ3) is 4.65. The van der Waals surface area contributed by atoms with E-state index in [1.54, 1.807) is 55.8 Å². The van der Waals surface area contributed by atoms with Crippen LogP contribution in [-0.2, 0) is 0 Å². The molecule has 4 aromatic rings. The number of nitrogens with zero attached hydrogens (tertiary/aromatic N) is 1. The number of methoxy groups -OCH3 is 1. The van der Waals surface area contributed by atoms with Gasteiger partial charge in [0.15, 0.2) is 5.76 Å². The van der Waals surface area contributed by atoms with Crippen LogP contribution in [0.2, 0.25) is 0 Å². The third-order valence-corrected chi connectivity index (χ3v) is 4.92. The molecule has 6 heteroatoms. The first-order chi connectivity index (χ1) is 15.2. The first-order valence-corrected chi connectivity index (χ1v) is 9.86. The SMILES string of the molecule is COc1ccc(C(O)CNC(=O)c2ccccc2-c2ncc(-c3ccccc3)o2)cc1. The standard InChI is InChI=1S/C25H22N2O4/c1-30-19-13-11-17(12-14-19)22(28)15-26-24(29)20-9-5-6-10-21(20)25-27-16-23(31-25)18-7-3-2-4-8-18/h2-14,16,22,28H,15H2,1H3,(H,26,29). The second-order valence-corrected chi connectivity index (χ2v) is 6.94. The molecule has 3 aromatic carbocycles. The summed E-state index contributed by atoms with van der Waals surface area (Å²) in [6.45, 7) is 0.0698. The topological polar surface area (TPSA) is 84.6 Å². The number of oxazole rings is 1. The summed E-state index contributed by atoms with van der Waals surface area (Å²) in [5, 5.41) is 13.2. The van der Waals surface area contributed by atoms with E-state index in [9.17, 15) is 9.90 Å². The molecule has 1 amide bonds. The minimum absolute atomic E-state index is 0.0698. The summed E-state index contributed by atoms with van der Waals surface area (Å²) in [7, 11) is 1.58. The fraction of sp³-hybridized carbons (Fsp3) is 0.120. The second-order valence-electron chi connectivity index (χ2n) is 6.94. The molecule has 0 bridgehead atoms. The minimum Gasteiger partial charge on any atom is -0.497 e. The maximum Gasteiger partial charge on any atom is 0.252 e. The molecule has 156 valence electrons. The van der Waals surface area contributed by atoms with Crippen molar-refractivity contribution in [3.8, 4) is 28.5 Å². The van der Waals surface area contributed by atoms with Crippen molar-refractivity contribution in [3.05, 3.63) is 96.2 Å². The highest BCUT2D eigenvalue weighted by molar-refractivity contribution is 6.00. The van der Waals surface area contributed by atoms with Gasteiger partial charge in [0.25, 0.3) is 5.91 Å². The summed E-state index contributed by atoms with van der Waals surface area (Å²) in [5.41, 5.74) is 2.60. The van der Waals surface area contributed by atoms with Crippen molar-refractivity contribution in [2.45, 2.75) is 6.10 Å². The zero-order valence-electron chi connectivity index (χ0n) is 17.0. The lowest BCUT2D eigenvalue weighted by molar-refractivity contribution is 0.0916. The average Bonchev–Trinajstić information content (AvgIpc) is 3.33. The predicted molar refractivity (Wildman–Crippen MR) is 118 cm³/mol. The molecule has 1 unspecified atom stereocenters. The fourth-order valence-electron chi connectivity index (χ4n) is 3.23. The molecule has 0 radical (unpaired) electrons. The molecule has 1 heterocycles. The molecule has 0 saturated carbocycles. The summed E-state index contributed by atoms with van der Waals surface area (Å²) in [6.07, 6.45) is 0.806. The van der Waals surface area contributed by atoms with E-state index >= 15 is 0 Å². The molecule has 0 aliphatic heterocycles. The highest BCUT2D eigenvalue weighted by Gasteiger charge is 2.18. The van der Waals surface area contributed by atoms with Crippen molar-refractivity contribution in [2.75, 3.05) is 13.7 Å². The van der Waals surface area contributed by atoms with Crippen LogP contribution in [-0.4, -0.2) is 29.7 Å². The van der Waals surface area contributed by atoms with Gasteiger partial charge in [-0.25, -0.2) is 4.98 Å². The van der Waals surface area contributed by atoms with Crippen LogP contribution in [0.3, 0.4) is 0 Å². The molecule has 2 N–H and O–H groups in total. The van der Waals surface area contributed by atoms with E-state index in [0.717, 1.165) is 5.56 Å². The van der Waals surface area contributed by atoms with Crippen molar-refractivity contribution >= 4 is 5.91 Å². The molecule has 0 saturated heterocycles. The molecular formula is C25H22N2O4. The van der Waals surface area contributed by atoms with Crippen molar-refractivity contribution in [2.24, 2.45) is 0 Å². The number of aliphatic hydroxyl groups excluding tert-OH is 1. The van der Waals surface area contributed by atoms with E-state index in [1.807, 2.05) is 36.4 Å². The fourth-order valence-corrected chi connectivity index (χ4v) is 3.23. The van der Waals surface area contributed by atoms with Gasteiger partial charge in [-0.3, -0.25) is 4.79 Å². The Hall–Kier alpha value is -3.90. The molecule has 0 fully saturated rings. The number of hydrogen-bond acceptors (Lipinski definition) is 5. The second kappa shape index (κ2) is 9.28. The van der Waals surface area contributed by atoms with Gasteiger partial charge in [0.05, 0.1) is 25.0 Å². The van der Waals surface area contributed by atoms with Crippen molar-refractivity contribution in [3.63, 3.8) is 0 Å². The van der Waals surface area contributed by atoms with Crippen molar-refractivity contribution in [1.29, 1.82) is 0 Å². The Balaban J connectivity index is 1.49. The van der Waals surface area contributed by atoms with Crippen LogP contribution < -0.4 is 10.1 Å². The van der Waals surface area contributed by atoms with E-state index in [4.69, 9.17) is 9.15 Å². The van der Waals surface area contributed by atoms with Gasteiger partial charge in [0.2, 0.25) is 5.89 Å². The van der Waals surface area contributed by atoms with Gasteiger partial charge in [0, 0.05) is 17.7 Å². The lowest BCUT2D eigenvalue weighted by atomic mass is 10.1. The Morgan fingerprint density at radius 3 is 2.48 bits per heavy atom. The zero-order valence-corrected chi connectivity index (χ0v) is 17.0. The van der Waals surface area contributed by atoms with E-state index in [0.29, 0.717) is 34.1 Å². The number of nitrogens with one attached hydrogen (secondary N) is 1. The van der Waals surface area contributed by atoms with Gasteiger partial charge in [0.1, 0.15) is 5.75 Å². The maximum atomic E-state index is 12.8. The van der Waals surface area contributed by atoms with Gasteiger partial charge in [-0.2, -0.15) is 0 Å². The van der Waals surface area contributed by atoms with Crippen LogP contribution in [0.15, 0.2) is 89.5 Å². The van der Waals surface area contributed by atoms with E-state index in [1.165, 1.54) is 0 Å². The number of carbonyl (C=O) groups is 1. The average molecular weight is 414 g/mol. The van der Waals surface area contributed by atoms with Crippen LogP contribution in [0, 0.1) is 0 Å². The third-order valence-electron chi connectivity index (χ3n) is 4.92. The lowest BCUT2D eigenvalue weighted by Crippen LogP contribution is -2.28. The summed E-state index contributed by atoms with van der Waals surface area (Å²) in [5.74, 6) is 1.37. The van der Waals surface area contributed by atoms with Crippen LogP contribution in [0.1, 0.15) is 22.0 Å². The summed E-state index contributed by atoms with van der Waals surface area (Å²) < 4.78 is 11.0. The first-order valence-electron chi connectivity index (χ1n) is 9.86. The summed E-state index contributed by atoms with van der Waals surface area (Å²) in [6, 6.07) is 23.8. The molecule has 31 heavy (non-hydrogen) atoms. The van der Waals surface area contributed by atoms with Crippen LogP contribution in [0.25, 0.3) is 22.8 Å². The zero-order chi connectivity index (χ0) is 21.6. The Morgan fingerprint density at radius 1 is 1.03 bits per heavy atom. The number of ether oxygens (including phenoxy) is 1. The van der Waals surface area contributed by atoms with Crippen LogP contribution in [0.4, 0.5) is 0 Å². The number of aromatic nitrogens is 1. The molecule has 1 aromatic heterocycles. The predicted octanol–water partition coefficient (Wildman–Crippen LogP) is 4.48. The Labute approximate surface area is 180 Å². The van der Waals surface area contributed by atoms with Crippen LogP contribution in [0.5, 0.6) is 5.75 Å². The van der Waals surface area contributed by atoms with Crippen molar-refractivity contribution < 1.29 is 19.1 Å². The Kier molecular flexibility index (Phi) is 6.10. The Bertz CT molecular complexity index is 1150. The Morgan fingerprint density at radius 2 is 1.74 bits per heavy atom. The number of aliphatic hydroxyl groups is 1. The first kappa shape index (κ1) is 20.4. The smallest absolute Gasteiger partial charge is 0.252 e. The van der Waals surface area contributed by atoms with Crippen LogP contribution >= 0.6 is 0 Å². The normalized spacial score (nSPS) is 11.7. The molecule has 6 nitrogen and oxygen atoms in total. The summed E-state index contributed by atoms with van der Waals surface area (Å²) in [4.78, 5) is 17.2. The molecule has 4 rings (SSSR count). The molecule has 0 aliphatic rings. The van der Waals surface area contributed by atoms with Gasteiger partial charge >= 0.3 is 0 Å². The minimum atomic E-state index is -0.839. The molecule has 1 atom stereocenters. The number of rotatable bonds is 7.